The van der Waals surface area contributed by atoms with E-state index in [2.05, 4.69) is 10.2 Å². The van der Waals surface area contributed by atoms with Crippen molar-refractivity contribution in [2.45, 2.75) is 38.0 Å². The first kappa shape index (κ1) is 21.0. The Morgan fingerprint density at radius 2 is 1.81 bits per heavy atom. The summed E-state index contributed by atoms with van der Waals surface area (Å²) < 4.78 is 19.8. The Bertz CT molecular complexity index is 926. The van der Waals surface area contributed by atoms with Crippen molar-refractivity contribution in [3.8, 4) is 0 Å². The highest BCUT2D eigenvalue weighted by atomic mass is 19.1. The van der Waals surface area contributed by atoms with Gasteiger partial charge < -0.3 is 20.1 Å². The predicted octanol–water partition coefficient (Wildman–Crippen LogP) is 3.63. The number of carbonyl (C=O) groups is 2. The first-order valence-corrected chi connectivity index (χ1v) is 10.5. The summed E-state index contributed by atoms with van der Waals surface area (Å²) in [5, 5.41) is 12.0. The van der Waals surface area contributed by atoms with Crippen LogP contribution in [-0.4, -0.2) is 53.9 Å². The molecule has 0 aromatic heterocycles. The van der Waals surface area contributed by atoms with E-state index >= 15 is 0 Å². The van der Waals surface area contributed by atoms with Gasteiger partial charge in [-0.05, 0) is 42.5 Å². The van der Waals surface area contributed by atoms with Crippen LogP contribution in [0.3, 0.4) is 0 Å². The maximum atomic E-state index is 14.6. The third-order valence-corrected chi connectivity index (χ3v) is 5.98. The fourth-order valence-corrected chi connectivity index (χ4v) is 4.44. The molecule has 8 heteroatoms. The number of benzene rings is 2. The van der Waals surface area contributed by atoms with E-state index in [1.807, 2.05) is 36.4 Å². The highest BCUT2D eigenvalue weighted by Crippen LogP contribution is 2.33. The lowest BCUT2D eigenvalue weighted by molar-refractivity contribution is 0.114. The minimum Gasteiger partial charge on any atom is -0.465 e. The SMILES string of the molecule is O=C(NCCc1ccc(N2CC3CCC(C2)N3C(=O)O)cc1F)OCc1ccccc1. The van der Waals surface area contributed by atoms with Gasteiger partial charge >= 0.3 is 12.2 Å². The van der Waals surface area contributed by atoms with E-state index in [1.54, 1.807) is 11.0 Å². The Hall–Kier alpha value is -3.29. The summed E-state index contributed by atoms with van der Waals surface area (Å²) in [4.78, 5) is 26.9. The van der Waals surface area contributed by atoms with Gasteiger partial charge in [0.15, 0.2) is 0 Å². The second kappa shape index (κ2) is 9.24. The third-order valence-electron chi connectivity index (χ3n) is 5.98. The Morgan fingerprint density at radius 3 is 2.45 bits per heavy atom. The molecule has 2 aromatic rings. The molecule has 2 amide bonds. The number of alkyl carbamates (subject to hydrolysis) is 1. The Morgan fingerprint density at radius 1 is 1.10 bits per heavy atom. The molecule has 2 aliphatic rings. The van der Waals surface area contributed by atoms with E-state index in [4.69, 9.17) is 4.74 Å². The molecule has 2 aliphatic heterocycles. The molecule has 2 fully saturated rings. The Kier molecular flexibility index (Phi) is 6.25. The molecular weight excluding hydrogens is 401 g/mol. The summed E-state index contributed by atoms with van der Waals surface area (Å²) in [6, 6.07) is 14.4. The number of anilines is 1. The van der Waals surface area contributed by atoms with Gasteiger partial charge in [-0.1, -0.05) is 36.4 Å². The maximum Gasteiger partial charge on any atom is 0.407 e. The minimum atomic E-state index is -0.872. The fourth-order valence-electron chi connectivity index (χ4n) is 4.44. The largest absolute Gasteiger partial charge is 0.465 e. The normalized spacial score (nSPS) is 19.9. The number of nitrogens with one attached hydrogen (secondary N) is 1. The molecule has 2 heterocycles. The molecule has 0 spiro atoms. The molecule has 2 unspecified atom stereocenters. The fraction of sp³-hybridized carbons (Fsp3) is 0.391. The number of nitrogens with zero attached hydrogens (tertiary/aromatic N) is 2. The Balaban J connectivity index is 1.26. The van der Waals surface area contributed by atoms with Crippen LogP contribution in [0.5, 0.6) is 0 Å². The average molecular weight is 427 g/mol. The molecule has 2 aromatic carbocycles. The highest BCUT2D eigenvalue weighted by molar-refractivity contribution is 5.68. The van der Waals surface area contributed by atoms with Crippen LogP contribution in [0.25, 0.3) is 0 Å². The molecule has 7 nitrogen and oxygen atoms in total. The summed E-state index contributed by atoms with van der Waals surface area (Å²) in [6.45, 7) is 1.62. The monoisotopic (exact) mass is 427 g/mol. The van der Waals surface area contributed by atoms with Crippen LogP contribution in [-0.2, 0) is 17.8 Å². The minimum absolute atomic E-state index is 0.0370. The van der Waals surface area contributed by atoms with Gasteiger partial charge in [-0.2, -0.15) is 0 Å². The molecule has 0 aliphatic carbocycles. The first-order chi connectivity index (χ1) is 15.0. The highest BCUT2D eigenvalue weighted by Gasteiger charge is 2.42. The summed E-state index contributed by atoms with van der Waals surface area (Å²) in [7, 11) is 0. The van der Waals surface area contributed by atoms with E-state index in [-0.39, 0.29) is 31.1 Å². The number of fused-ring (bicyclic) bond motifs is 2. The van der Waals surface area contributed by atoms with E-state index in [9.17, 15) is 19.1 Å². The molecule has 2 N–H and O–H groups in total. The van der Waals surface area contributed by atoms with Crippen LogP contribution in [0.1, 0.15) is 24.0 Å². The van der Waals surface area contributed by atoms with Crippen molar-refractivity contribution in [1.82, 2.24) is 10.2 Å². The van der Waals surface area contributed by atoms with Crippen molar-refractivity contribution in [1.29, 1.82) is 0 Å². The number of amides is 2. The van der Waals surface area contributed by atoms with Gasteiger partial charge in [0.05, 0.1) is 12.1 Å². The number of carboxylic acid groups (broad SMARTS) is 1. The topological polar surface area (TPSA) is 82.1 Å². The molecule has 2 atom stereocenters. The number of ether oxygens (including phenoxy) is 1. The van der Waals surface area contributed by atoms with Gasteiger partial charge in [0.2, 0.25) is 0 Å². The van der Waals surface area contributed by atoms with Crippen molar-refractivity contribution in [3.63, 3.8) is 0 Å². The van der Waals surface area contributed by atoms with Gasteiger partial charge in [0.25, 0.3) is 0 Å². The van der Waals surface area contributed by atoms with E-state index < -0.39 is 12.2 Å². The van der Waals surface area contributed by atoms with Crippen molar-refractivity contribution >= 4 is 17.9 Å². The van der Waals surface area contributed by atoms with Gasteiger partial charge in [-0.15, -0.1) is 0 Å². The zero-order valence-electron chi connectivity index (χ0n) is 17.2. The number of piperazine rings is 1. The van der Waals surface area contributed by atoms with Crippen LogP contribution in [0.4, 0.5) is 19.7 Å². The van der Waals surface area contributed by atoms with Crippen molar-refractivity contribution < 1.29 is 23.8 Å². The van der Waals surface area contributed by atoms with E-state index in [0.29, 0.717) is 25.1 Å². The van der Waals surface area contributed by atoms with Crippen molar-refractivity contribution in [3.05, 3.63) is 65.5 Å². The Labute approximate surface area is 180 Å². The molecule has 2 bridgehead atoms. The molecule has 164 valence electrons. The van der Waals surface area contributed by atoms with Crippen LogP contribution in [0.15, 0.2) is 48.5 Å². The van der Waals surface area contributed by atoms with Gasteiger partial charge in [-0.3, -0.25) is 4.90 Å². The van der Waals surface area contributed by atoms with Gasteiger partial charge in [0, 0.05) is 25.3 Å². The number of carbonyl (C=O) groups excluding carboxylic acids is 1. The molecule has 0 saturated carbocycles. The van der Waals surface area contributed by atoms with Crippen LogP contribution in [0.2, 0.25) is 0 Å². The summed E-state index contributed by atoms with van der Waals surface area (Å²) >= 11 is 0. The van der Waals surface area contributed by atoms with Crippen molar-refractivity contribution in [2.24, 2.45) is 0 Å². The average Bonchev–Trinajstić information content (AvgIpc) is 3.04. The molecule has 2 saturated heterocycles. The molecule has 4 rings (SSSR count). The maximum absolute atomic E-state index is 14.6. The lowest BCUT2D eigenvalue weighted by Crippen LogP contribution is -2.55. The lowest BCUT2D eigenvalue weighted by Gasteiger charge is -2.40. The molecular formula is C23H26FN3O4. The van der Waals surface area contributed by atoms with Crippen LogP contribution in [0, 0.1) is 5.82 Å². The summed E-state index contributed by atoms with van der Waals surface area (Å²) in [5.74, 6) is -0.329. The number of hydrogen-bond donors (Lipinski definition) is 2. The summed E-state index contributed by atoms with van der Waals surface area (Å²) in [6.07, 6.45) is 0.640. The number of halogens is 1. The number of hydrogen-bond acceptors (Lipinski definition) is 4. The molecule has 31 heavy (non-hydrogen) atoms. The van der Waals surface area contributed by atoms with E-state index in [0.717, 1.165) is 24.1 Å². The first-order valence-electron chi connectivity index (χ1n) is 10.5. The standard InChI is InChI=1S/C23H26FN3O4/c24-21-12-18(26-13-19-8-9-20(14-26)27(19)23(29)30)7-6-17(21)10-11-25-22(28)31-15-16-4-2-1-3-5-16/h1-7,12,19-20H,8-11,13-15H2,(H,25,28)(H,29,30). The number of rotatable bonds is 6. The predicted molar refractivity (Wildman–Crippen MR) is 114 cm³/mol. The second-order valence-corrected chi connectivity index (χ2v) is 7.99. The third kappa shape index (κ3) is 4.90. The van der Waals surface area contributed by atoms with Crippen LogP contribution < -0.4 is 10.2 Å². The zero-order chi connectivity index (χ0) is 21.8. The van der Waals surface area contributed by atoms with Gasteiger partial charge in [-0.25, -0.2) is 14.0 Å². The molecule has 0 radical (unpaired) electrons. The smallest absolute Gasteiger partial charge is 0.407 e. The van der Waals surface area contributed by atoms with Crippen LogP contribution >= 0.6 is 0 Å². The second-order valence-electron chi connectivity index (χ2n) is 7.99. The van der Waals surface area contributed by atoms with Gasteiger partial charge in [0.1, 0.15) is 12.4 Å². The zero-order valence-corrected chi connectivity index (χ0v) is 17.2. The van der Waals surface area contributed by atoms with Crippen molar-refractivity contribution in [2.75, 3.05) is 24.5 Å². The summed E-state index contributed by atoms with van der Waals surface area (Å²) in [5.41, 5.74) is 2.18. The van der Waals surface area contributed by atoms with E-state index in [1.165, 1.54) is 6.07 Å². The quantitative estimate of drug-likeness (QED) is 0.736. The lowest BCUT2D eigenvalue weighted by atomic mass is 10.1.